The number of hydrogen-bond donors (Lipinski definition) is 1. The molecule has 1 nitrogen and oxygen atoms in total. The van der Waals surface area contributed by atoms with Crippen LogP contribution in [0.25, 0.3) is 0 Å². The molecule has 0 bridgehead atoms. The summed E-state index contributed by atoms with van der Waals surface area (Å²) in [6, 6.07) is 0. The molecule has 0 radical (unpaired) electrons. The van der Waals surface area contributed by atoms with Crippen molar-refractivity contribution in [1.29, 1.82) is 0 Å². The third-order valence-electron chi connectivity index (χ3n) is 3.13. The van der Waals surface area contributed by atoms with Crippen molar-refractivity contribution in [1.82, 2.24) is 5.32 Å². The van der Waals surface area contributed by atoms with Gasteiger partial charge in [-0.1, -0.05) is 53.9 Å². The molecule has 0 aliphatic carbocycles. The summed E-state index contributed by atoms with van der Waals surface area (Å²) in [5, 5.41) is 3.43. The quantitative estimate of drug-likeness (QED) is 0.628. The molecular formula is C13H29N. The zero-order chi connectivity index (χ0) is 11.0. The molecule has 1 heteroatoms. The van der Waals surface area contributed by atoms with E-state index in [0.29, 0.717) is 0 Å². The summed E-state index contributed by atoms with van der Waals surface area (Å²) in [6.45, 7) is 13.8. The normalized spacial score (nSPS) is 15.9. The Morgan fingerprint density at radius 1 is 0.929 bits per heavy atom. The minimum absolute atomic E-state index is 0.821. The highest BCUT2D eigenvalue weighted by Crippen LogP contribution is 2.18. The van der Waals surface area contributed by atoms with Crippen molar-refractivity contribution < 1.29 is 0 Å². The molecule has 0 aliphatic rings. The fraction of sp³-hybridized carbons (Fsp3) is 1.00. The molecule has 14 heavy (non-hydrogen) atoms. The average molecular weight is 199 g/mol. The largest absolute Gasteiger partial charge is 0.317 e. The molecule has 1 N–H and O–H groups in total. The van der Waals surface area contributed by atoms with Crippen LogP contribution in [0, 0.1) is 17.8 Å². The Bertz CT molecular complexity index is 120. The van der Waals surface area contributed by atoms with E-state index in [2.05, 4.69) is 39.9 Å². The lowest BCUT2D eigenvalue weighted by atomic mass is 9.90. The average Bonchev–Trinajstić information content (AvgIpc) is 2.13. The van der Waals surface area contributed by atoms with E-state index >= 15 is 0 Å². The maximum absolute atomic E-state index is 3.43. The molecule has 0 aliphatic heterocycles. The highest BCUT2D eigenvalue weighted by atomic mass is 14.8. The second-order valence-electron chi connectivity index (χ2n) is 5.09. The monoisotopic (exact) mass is 199 g/mol. The lowest BCUT2D eigenvalue weighted by molar-refractivity contribution is 0.332. The van der Waals surface area contributed by atoms with Gasteiger partial charge in [-0.3, -0.25) is 0 Å². The van der Waals surface area contributed by atoms with Crippen LogP contribution in [0.15, 0.2) is 0 Å². The summed E-state index contributed by atoms with van der Waals surface area (Å²) < 4.78 is 0. The molecule has 0 amide bonds. The molecule has 0 fully saturated rings. The number of nitrogens with one attached hydrogen (secondary N) is 1. The maximum atomic E-state index is 3.43. The van der Waals surface area contributed by atoms with Gasteiger partial charge < -0.3 is 5.32 Å². The molecule has 0 spiro atoms. The van der Waals surface area contributed by atoms with Crippen LogP contribution in [0.2, 0.25) is 0 Å². The van der Waals surface area contributed by atoms with Gasteiger partial charge in [0, 0.05) is 0 Å². The van der Waals surface area contributed by atoms with Crippen molar-refractivity contribution >= 4 is 0 Å². The van der Waals surface area contributed by atoms with Crippen LogP contribution >= 0.6 is 0 Å². The van der Waals surface area contributed by atoms with E-state index in [1.165, 1.54) is 25.8 Å². The van der Waals surface area contributed by atoms with Crippen molar-refractivity contribution in [3.63, 3.8) is 0 Å². The standard InChI is InChI=1S/C13H29N/c1-6-14-10-13(5)12(4)9-7-8-11(2)3/h11-14H,6-10H2,1-5H3. The van der Waals surface area contributed by atoms with Crippen molar-refractivity contribution in [3.05, 3.63) is 0 Å². The summed E-state index contributed by atoms with van der Waals surface area (Å²) >= 11 is 0. The summed E-state index contributed by atoms with van der Waals surface area (Å²) in [6.07, 6.45) is 4.18. The predicted molar refractivity (Wildman–Crippen MR) is 65.6 cm³/mol. The molecule has 0 aromatic carbocycles. The molecule has 0 rings (SSSR count). The number of rotatable bonds is 8. The second-order valence-corrected chi connectivity index (χ2v) is 5.09. The van der Waals surface area contributed by atoms with Crippen molar-refractivity contribution in [2.24, 2.45) is 17.8 Å². The van der Waals surface area contributed by atoms with Gasteiger partial charge in [-0.15, -0.1) is 0 Å². The van der Waals surface area contributed by atoms with Crippen molar-refractivity contribution in [2.75, 3.05) is 13.1 Å². The summed E-state index contributed by atoms with van der Waals surface area (Å²) in [5.74, 6) is 2.56. The van der Waals surface area contributed by atoms with E-state index < -0.39 is 0 Å². The zero-order valence-corrected chi connectivity index (χ0v) is 10.8. The first-order valence-electron chi connectivity index (χ1n) is 6.28. The van der Waals surface area contributed by atoms with Crippen LogP contribution in [0.3, 0.4) is 0 Å². The zero-order valence-electron chi connectivity index (χ0n) is 10.8. The smallest absolute Gasteiger partial charge is 0.00207 e. The topological polar surface area (TPSA) is 12.0 Å². The van der Waals surface area contributed by atoms with Gasteiger partial charge in [-0.25, -0.2) is 0 Å². The van der Waals surface area contributed by atoms with Crippen LogP contribution in [0.4, 0.5) is 0 Å². The Kier molecular flexibility index (Phi) is 8.26. The summed E-state index contributed by atoms with van der Waals surface area (Å²) in [7, 11) is 0. The second kappa shape index (κ2) is 8.28. The first kappa shape index (κ1) is 14.0. The lowest BCUT2D eigenvalue weighted by Crippen LogP contribution is -2.24. The summed E-state index contributed by atoms with van der Waals surface area (Å²) in [5.41, 5.74) is 0. The predicted octanol–water partition coefficient (Wildman–Crippen LogP) is 3.69. The van der Waals surface area contributed by atoms with Crippen LogP contribution in [-0.4, -0.2) is 13.1 Å². The van der Waals surface area contributed by atoms with Crippen LogP contribution in [0.1, 0.15) is 53.9 Å². The minimum Gasteiger partial charge on any atom is -0.317 e. The molecule has 86 valence electrons. The van der Waals surface area contributed by atoms with Gasteiger partial charge >= 0.3 is 0 Å². The van der Waals surface area contributed by atoms with E-state index in [9.17, 15) is 0 Å². The SMILES string of the molecule is CCNCC(C)C(C)CCCC(C)C. The molecule has 2 unspecified atom stereocenters. The van der Waals surface area contributed by atoms with Crippen LogP contribution < -0.4 is 5.32 Å². The fourth-order valence-electron chi connectivity index (χ4n) is 1.71. The molecule has 2 atom stereocenters. The minimum atomic E-state index is 0.821. The highest BCUT2D eigenvalue weighted by Gasteiger charge is 2.11. The first-order valence-corrected chi connectivity index (χ1v) is 6.28. The van der Waals surface area contributed by atoms with Gasteiger partial charge in [0.15, 0.2) is 0 Å². The molecular weight excluding hydrogens is 170 g/mol. The van der Waals surface area contributed by atoms with Gasteiger partial charge in [0.1, 0.15) is 0 Å². The Balaban J connectivity index is 3.46. The van der Waals surface area contributed by atoms with Gasteiger partial charge in [0.2, 0.25) is 0 Å². The van der Waals surface area contributed by atoms with E-state index in [4.69, 9.17) is 0 Å². The van der Waals surface area contributed by atoms with Gasteiger partial charge in [-0.2, -0.15) is 0 Å². The Labute approximate surface area is 90.7 Å². The third kappa shape index (κ3) is 7.37. The highest BCUT2D eigenvalue weighted by molar-refractivity contribution is 4.64. The molecule has 0 saturated carbocycles. The molecule has 0 aromatic rings. The molecule has 0 saturated heterocycles. The molecule has 0 heterocycles. The van der Waals surface area contributed by atoms with E-state index in [-0.39, 0.29) is 0 Å². The number of hydrogen-bond acceptors (Lipinski definition) is 1. The van der Waals surface area contributed by atoms with E-state index in [0.717, 1.165) is 24.3 Å². The Hall–Kier alpha value is -0.0400. The van der Waals surface area contributed by atoms with Crippen LogP contribution in [-0.2, 0) is 0 Å². The maximum Gasteiger partial charge on any atom is -0.00207 e. The van der Waals surface area contributed by atoms with Crippen molar-refractivity contribution in [2.45, 2.75) is 53.9 Å². The Morgan fingerprint density at radius 2 is 1.57 bits per heavy atom. The van der Waals surface area contributed by atoms with Crippen LogP contribution in [0.5, 0.6) is 0 Å². The Morgan fingerprint density at radius 3 is 2.07 bits per heavy atom. The molecule has 0 aromatic heterocycles. The van der Waals surface area contributed by atoms with E-state index in [1.807, 2.05) is 0 Å². The van der Waals surface area contributed by atoms with Gasteiger partial charge in [-0.05, 0) is 30.8 Å². The van der Waals surface area contributed by atoms with Gasteiger partial charge in [0.05, 0.1) is 0 Å². The lowest BCUT2D eigenvalue weighted by Gasteiger charge is -2.20. The third-order valence-corrected chi connectivity index (χ3v) is 3.13. The summed E-state index contributed by atoms with van der Waals surface area (Å²) in [4.78, 5) is 0. The first-order chi connectivity index (χ1) is 6.57. The van der Waals surface area contributed by atoms with Gasteiger partial charge in [0.25, 0.3) is 0 Å². The fourth-order valence-corrected chi connectivity index (χ4v) is 1.71. The van der Waals surface area contributed by atoms with Crippen molar-refractivity contribution in [3.8, 4) is 0 Å². The van der Waals surface area contributed by atoms with E-state index in [1.54, 1.807) is 0 Å².